The lowest BCUT2D eigenvalue weighted by molar-refractivity contribution is -0.121. The van der Waals surface area contributed by atoms with Crippen LogP contribution in [-0.4, -0.2) is 17.7 Å². The molecule has 0 bridgehead atoms. The number of carbonyl (C=O) groups excluding carboxylic acids is 2. The average Bonchev–Trinajstić information content (AvgIpc) is 3.00. The zero-order valence-electron chi connectivity index (χ0n) is 10.2. The standard InChI is InChI=1S/C13H17NO2S/c1-8-7-11(9(2)17-8)12(15)5-6-13(16)14-10-3-4-10/h7,10H,3-6H2,1-2H3,(H,14,16). The molecule has 1 saturated carbocycles. The maximum absolute atomic E-state index is 11.9. The number of hydrogen-bond acceptors (Lipinski definition) is 3. The van der Waals surface area contributed by atoms with Gasteiger partial charge < -0.3 is 5.32 Å². The molecular formula is C13H17NO2S. The van der Waals surface area contributed by atoms with Gasteiger partial charge >= 0.3 is 0 Å². The highest BCUT2D eigenvalue weighted by atomic mass is 32.1. The summed E-state index contributed by atoms with van der Waals surface area (Å²) in [5.41, 5.74) is 0.784. The summed E-state index contributed by atoms with van der Waals surface area (Å²) in [5, 5.41) is 2.89. The van der Waals surface area contributed by atoms with E-state index >= 15 is 0 Å². The summed E-state index contributed by atoms with van der Waals surface area (Å²) in [7, 11) is 0. The van der Waals surface area contributed by atoms with E-state index in [4.69, 9.17) is 0 Å². The quantitative estimate of drug-likeness (QED) is 0.818. The van der Waals surface area contributed by atoms with Gasteiger partial charge in [0.2, 0.25) is 5.91 Å². The van der Waals surface area contributed by atoms with Gasteiger partial charge in [-0.15, -0.1) is 11.3 Å². The van der Waals surface area contributed by atoms with Gasteiger partial charge in [-0.1, -0.05) is 0 Å². The predicted molar refractivity (Wildman–Crippen MR) is 68.5 cm³/mol. The van der Waals surface area contributed by atoms with Crippen LogP contribution in [0.2, 0.25) is 0 Å². The Balaban J connectivity index is 1.84. The summed E-state index contributed by atoms with van der Waals surface area (Å²) in [6.45, 7) is 3.95. The molecule has 0 spiro atoms. The molecule has 0 aliphatic heterocycles. The van der Waals surface area contributed by atoms with E-state index in [2.05, 4.69) is 5.32 Å². The summed E-state index contributed by atoms with van der Waals surface area (Å²) in [5.74, 6) is 0.0863. The van der Waals surface area contributed by atoms with Crippen LogP contribution < -0.4 is 5.32 Å². The Bertz CT molecular complexity index is 446. The second-order valence-electron chi connectivity index (χ2n) is 4.59. The molecule has 1 aliphatic rings. The Kier molecular flexibility index (Phi) is 3.62. The summed E-state index contributed by atoms with van der Waals surface area (Å²) >= 11 is 1.63. The van der Waals surface area contributed by atoms with Crippen molar-refractivity contribution in [2.24, 2.45) is 0 Å². The molecule has 1 amide bonds. The summed E-state index contributed by atoms with van der Waals surface area (Å²) in [6, 6.07) is 2.30. The van der Waals surface area contributed by atoms with Crippen LogP contribution in [0.15, 0.2) is 6.07 Å². The number of rotatable bonds is 5. The molecule has 0 radical (unpaired) electrons. The molecule has 17 heavy (non-hydrogen) atoms. The number of amides is 1. The van der Waals surface area contributed by atoms with E-state index in [1.165, 1.54) is 0 Å². The van der Waals surface area contributed by atoms with Gasteiger partial charge in [0.05, 0.1) is 0 Å². The van der Waals surface area contributed by atoms with Crippen LogP contribution in [0.3, 0.4) is 0 Å². The fourth-order valence-corrected chi connectivity index (χ4v) is 2.74. The second kappa shape index (κ2) is 5.00. The molecule has 0 saturated heterocycles. The van der Waals surface area contributed by atoms with E-state index in [1.54, 1.807) is 11.3 Å². The molecule has 92 valence electrons. The minimum atomic E-state index is 0.00505. The van der Waals surface area contributed by atoms with Gasteiger partial charge in [-0.05, 0) is 32.8 Å². The van der Waals surface area contributed by atoms with Crippen molar-refractivity contribution in [2.75, 3.05) is 0 Å². The summed E-state index contributed by atoms with van der Waals surface area (Å²) < 4.78 is 0. The highest BCUT2D eigenvalue weighted by molar-refractivity contribution is 7.12. The fraction of sp³-hybridized carbons (Fsp3) is 0.538. The van der Waals surface area contributed by atoms with Crippen molar-refractivity contribution in [1.29, 1.82) is 0 Å². The molecule has 3 nitrogen and oxygen atoms in total. The third-order valence-electron chi connectivity index (χ3n) is 2.86. The summed E-state index contributed by atoms with van der Waals surface area (Å²) in [6.07, 6.45) is 2.80. The Labute approximate surface area is 105 Å². The van der Waals surface area contributed by atoms with Gasteiger partial charge in [0, 0.05) is 34.2 Å². The largest absolute Gasteiger partial charge is 0.353 e. The van der Waals surface area contributed by atoms with E-state index in [9.17, 15) is 9.59 Å². The van der Waals surface area contributed by atoms with Crippen LogP contribution in [0.5, 0.6) is 0 Å². The van der Waals surface area contributed by atoms with Gasteiger partial charge in [0.1, 0.15) is 0 Å². The van der Waals surface area contributed by atoms with Crippen LogP contribution in [0.4, 0.5) is 0 Å². The lowest BCUT2D eigenvalue weighted by atomic mass is 10.1. The lowest BCUT2D eigenvalue weighted by Crippen LogP contribution is -2.25. The second-order valence-corrected chi connectivity index (χ2v) is 6.05. The smallest absolute Gasteiger partial charge is 0.220 e. The highest BCUT2D eigenvalue weighted by Crippen LogP contribution is 2.22. The number of hydrogen-bond donors (Lipinski definition) is 1. The number of nitrogens with one attached hydrogen (secondary N) is 1. The molecule has 1 aliphatic carbocycles. The Morgan fingerprint density at radius 1 is 1.35 bits per heavy atom. The lowest BCUT2D eigenvalue weighted by Gasteiger charge is -2.02. The van der Waals surface area contributed by atoms with Crippen LogP contribution in [0, 0.1) is 13.8 Å². The number of carbonyl (C=O) groups is 2. The molecule has 1 heterocycles. The fourth-order valence-electron chi connectivity index (χ4n) is 1.80. The minimum absolute atomic E-state index is 0.00505. The van der Waals surface area contributed by atoms with Crippen LogP contribution in [-0.2, 0) is 4.79 Å². The topological polar surface area (TPSA) is 46.2 Å². The van der Waals surface area contributed by atoms with Crippen molar-refractivity contribution in [3.63, 3.8) is 0 Å². The van der Waals surface area contributed by atoms with Crippen LogP contribution >= 0.6 is 11.3 Å². The van der Waals surface area contributed by atoms with Crippen LogP contribution in [0.1, 0.15) is 45.8 Å². The maximum atomic E-state index is 11.9. The van der Waals surface area contributed by atoms with Crippen molar-refractivity contribution in [1.82, 2.24) is 5.32 Å². The van der Waals surface area contributed by atoms with Gasteiger partial charge in [-0.25, -0.2) is 0 Å². The van der Waals surface area contributed by atoms with E-state index < -0.39 is 0 Å². The third-order valence-corrected chi connectivity index (χ3v) is 3.83. The van der Waals surface area contributed by atoms with Crippen molar-refractivity contribution < 1.29 is 9.59 Å². The molecule has 1 N–H and O–H groups in total. The third kappa shape index (κ3) is 3.40. The SMILES string of the molecule is Cc1cc(C(=O)CCC(=O)NC2CC2)c(C)s1. The number of thiophene rings is 1. The summed E-state index contributed by atoms with van der Waals surface area (Å²) in [4.78, 5) is 25.6. The first-order valence-corrected chi connectivity index (χ1v) is 6.77. The van der Waals surface area contributed by atoms with Crippen LogP contribution in [0.25, 0.3) is 0 Å². The van der Waals surface area contributed by atoms with E-state index in [0.717, 1.165) is 28.2 Å². The van der Waals surface area contributed by atoms with E-state index in [0.29, 0.717) is 18.9 Å². The maximum Gasteiger partial charge on any atom is 0.220 e. The van der Waals surface area contributed by atoms with Crippen molar-refractivity contribution in [3.05, 3.63) is 21.4 Å². The number of aryl methyl sites for hydroxylation is 2. The molecule has 1 fully saturated rings. The Hall–Kier alpha value is -1.16. The Morgan fingerprint density at radius 2 is 2.06 bits per heavy atom. The number of Topliss-reactive ketones (excluding diaryl/α,β-unsaturated/α-hetero) is 1. The predicted octanol–water partition coefficient (Wildman–Crippen LogP) is 2.61. The highest BCUT2D eigenvalue weighted by Gasteiger charge is 2.23. The Morgan fingerprint density at radius 3 is 2.59 bits per heavy atom. The van der Waals surface area contributed by atoms with Gasteiger partial charge in [-0.2, -0.15) is 0 Å². The first kappa shape index (κ1) is 12.3. The van der Waals surface area contributed by atoms with E-state index in [1.807, 2.05) is 19.9 Å². The molecular weight excluding hydrogens is 234 g/mol. The number of ketones is 1. The molecule has 0 unspecified atom stereocenters. The molecule has 2 rings (SSSR count). The zero-order valence-corrected chi connectivity index (χ0v) is 11.0. The molecule has 0 aromatic carbocycles. The monoisotopic (exact) mass is 251 g/mol. The average molecular weight is 251 g/mol. The van der Waals surface area contributed by atoms with Gasteiger partial charge in [0.15, 0.2) is 5.78 Å². The minimum Gasteiger partial charge on any atom is -0.353 e. The van der Waals surface area contributed by atoms with Gasteiger partial charge in [0.25, 0.3) is 0 Å². The molecule has 4 heteroatoms. The first-order chi connectivity index (χ1) is 8.06. The molecule has 1 aromatic heterocycles. The van der Waals surface area contributed by atoms with E-state index in [-0.39, 0.29) is 11.7 Å². The molecule has 1 aromatic rings. The van der Waals surface area contributed by atoms with Crippen molar-refractivity contribution in [3.8, 4) is 0 Å². The van der Waals surface area contributed by atoms with Gasteiger partial charge in [-0.3, -0.25) is 9.59 Å². The van der Waals surface area contributed by atoms with Crippen molar-refractivity contribution in [2.45, 2.75) is 45.6 Å². The zero-order chi connectivity index (χ0) is 12.4. The normalized spacial score (nSPS) is 14.7. The van der Waals surface area contributed by atoms with Crippen molar-refractivity contribution >= 4 is 23.0 Å². The molecule has 0 atom stereocenters. The first-order valence-electron chi connectivity index (χ1n) is 5.96.